The van der Waals surface area contributed by atoms with Crippen molar-refractivity contribution >= 4 is 5.96 Å². The van der Waals surface area contributed by atoms with Crippen molar-refractivity contribution in [1.82, 2.24) is 15.8 Å². The average Bonchev–Trinajstić information content (AvgIpc) is 2.84. The van der Waals surface area contributed by atoms with Gasteiger partial charge in [0, 0.05) is 25.7 Å². The molecule has 0 aliphatic carbocycles. The van der Waals surface area contributed by atoms with Gasteiger partial charge in [-0.15, -0.1) is 0 Å². The molecule has 5 heteroatoms. The first-order valence-electron chi connectivity index (χ1n) is 8.48. The normalized spacial score (nSPS) is 13.2. The van der Waals surface area contributed by atoms with Crippen LogP contribution in [0.1, 0.15) is 56.5 Å². The highest BCUT2D eigenvalue weighted by Crippen LogP contribution is 2.12. The molecule has 126 valence electrons. The van der Waals surface area contributed by atoms with E-state index >= 15 is 0 Å². The van der Waals surface area contributed by atoms with Gasteiger partial charge in [0.15, 0.2) is 5.96 Å². The topological polar surface area (TPSA) is 62.5 Å². The van der Waals surface area contributed by atoms with E-state index in [2.05, 4.69) is 34.6 Å². The fraction of sp³-hybridized carbons (Fsp3) is 0.765. The molecule has 0 bridgehead atoms. The summed E-state index contributed by atoms with van der Waals surface area (Å²) in [4.78, 5) is 4.29. The zero-order chi connectivity index (χ0) is 16.4. The molecule has 1 atom stereocenters. The minimum Gasteiger partial charge on any atom is -0.361 e. The van der Waals surface area contributed by atoms with Crippen LogP contribution < -0.4 is 10.6 Å². The Hall–Kier alpha value is -1.52. The van der Waals surface area contributed by atoms with E-state index in [0.29, 0.717) is 0 Å². The first-order chi connectivity index (χ1) is 10.6. The lowest BCUT2D eigenvalue weighted by atomic mass is 9.99. The second-order valence-electron chi connectivity index (χ2n) is 5.85. The quantitative estimate of drug-likeness (QED) is 0.543. The third-order valence-electron chi connectivity index (χ3n) is 4.17. The molecule has 0 amide bonds. The number of nitrogens with zero attached hydrogens (tertiary/aromatic N) is 2. The predicted molar refractivity (Wildman–Crippen MR) is 92.4 cm³/mol. The summed E-state index contributed by atoms with van der Waals surface area (Å²) in [6, 6.07) is 0. The lowest BCUT2D eigenvalue weighted by Gasteiger charge is -2.18. The van der Waals surface area contributed by atoms with Crippen molar-refractivity contribution in [3.63, 3.8) is 0 Å². The maximum Gasteiger partial charge on any atom is 0.190 e. The molecule has 0 aliphatic heterocycles. The molecule has 0 spiro atoms. The van der Waals surface area contributed by atoms with Gasteiger partial charge in [-0.2, -0.15) is 0 Å². The Kier molecular flexibility index (Phi) is 8.63. The highest BCUT2D eigenvalue weighted by molar-refractivity contribution is 5.79. The Labute approximate surface area is 135 Å². The Bertz CT molecular complexity index is 434. The average molecular weight is 308 g/mol. The maximum absolute atomic E-state index is 5.19. The zero-order valence-electron chi connectivity index (χ0n) is 14.8. The van der Waals surface area contributed by atoms with Crippen LogP contribution in [0, 0.1) is 19.8 Å². The van der Waals surface area contributed by atoms with Gasteiger partial charge >= 0.3 is 0 Å². The highest BCUT2D eigenvalue weighted by atomic mass is 16.5. The van der Waals surface area contributed by atoms with E-state index in [1.807, 2.05) is 20.9 Å². The van der Waals surface area contributed by atoms with Crippen LogP contribution in [0.3, 0.4) is 0 Å². The number of rotatable bonds is 9. The lowest BCUT2D eigenvalue weighted by molar-refractivity contribution is 0.392. The largest absolute Gasteiger partial charge is 0.361 e. The van der Waals surface area contributed by atoms with Gasteiger partial charge in [0.2, 0.25) is 0 Å². The standard InChI is InChI=1S/C17H32N4O/c1-6-8-9-15(7-2)12-20-17(18-5)19-11-10-16-13(3)21-22-14(16)4/h15H,6-12H2,1-5H3,(H2,18,19,20). The fourth-order valence-electron chi connectivity index (χ4n) is 2.57. The number of hydrogen-bond donors (Lipinski definition) is 2. The van der Waals surface area contributed by atoms with Gasteiger partial charge in [-0.05, 0) is 32.6 Å². The summed E-state index contributed by atoms with van der Waals surface area (Å²) in [5, 5.41) is 10.8. The molecule has 1 aromatic heterocycles. The Balaban J connectivity index is 2.33. The second kappa shape index (κ2) is 10.2. The molecule has 0 fully saturated rings. The molecule has 0 saturated heterocycles. The van der Waals surface area contributed by atoms with Gasteiger partial charge in [-0.25, -0.2) is 0 Å². The zero-order valence-corrected chi connectivity index (χ0v) is 14.8. The predicted octanol–water partition coefficient (Wildman–Crippen LogP) is 3.22. The molecule has 22 heavy (non-hydrogen) atoms. The number of hydrogen-bond acceptors (Lipinski definition) is 3. The minimum absolute atomic E-state index is 0.723. The van der Waals surface area contributed by atoms with E-state index < -0.39 is 0 Å². The van der Waals surface area contributed by atoms with Gasteiger partial charge in [0.25, 0.3) is 0 Å². The molecule has 0 saturated carbocycles. The van der Waals surface area contributed by atoms with Gasteiger partial charge in [0.05, 0.1) is 5.69 Å². The maximum atomic E-state index is 5.19. The molecule has 0 aromatic carbocycles. The SMILES string of the molecule is CCCCC(CC)CNC(=NC)NCCc1c(C)noc1C. The summed E-state index contributed by atoms with van der Waals surface area (Å²) in [5.74, 6) is 2.51. The Morgan fingerprint density at radius 2 is 2.05 bits per heavy atom. The van der Waals surface area contributed by atoms with Gasteiger partial charge in [-0.1, -0.05) is 38.3 Å². The van der Waals surface area contributed by atoms with Crippen LogP contribution in [-0.2, 0) is 6.42 Å². The molecule has 1 rings (SSSR count). The van der Waals surface area contributed by atoms with Crippen molar-refractivity contribution in [3.05, 3.63) is 17.0 Å². The molecule has 0 radical (unpaired) electrons. The fourth-order valence-corrected chi connectivity index (χ4v) is 2.57. The van der Waals surface area contributed by atoms with E-state index in [0.717, 1.165) is 42.8 Å². The molecular formula is C17H32N4O. The molecule has 5 nitrogen and oxygen atoms in total. The smallest absolute Gasteiger partial charge is 0.190 e. The molecule has 0 aliphatic rings. The van der Waals surface area contributed by atoms with Crippen LogP contribution in [0.25, 0.3) is 0 Å². The van der Waals surface area contributed by atoms with Crippen molar-refractivity contribution in [3.8, 4) is 0 Å². The number of nitrogens with one attached hydrogen (secondary N) is 2. The summed E-state index contributed by atoms with van der Waals surface area (Å²) >= 11 is 0. The van der Waals surface area contributed by atoms with Gasteiger partial charge < -0.3 is 15.2 Å². The third kappa shape index (κ3) is 6.08. The van der Waals surface area contributed by atoms with Crippen molar-refractivity contribution in [1.29, 1.82) is 0 Å². The van der Waals surface area contributed by atoms with Crippen LogP contribution in [-0.4, -0.2) is 31.3 Å². The minimum atomic E-state index is 0.723. The van der Waals surface area contributed by atoms with Crippen molar-refractivity contribution in [2.75, 3.05) is 20.1 Å². The second-order valence-corrected chi connectivity index (χ2v) is 5.85. The number of aryl methyl sites for hydroxylation is 2. The molecule has 1 aromatic rings. The summed E-state index contributed by atoms with van der Waals surface area (Å²) in [5.41, 5.74) is 2.17. The number of aromatic nitrogens is 1. The number of aliphatic imine (C=N–C) groups is 1. The van der Waals surface area contributed by atoms with Crippen molar-refractivity contribution in [2.24, 2.45) is 10.9 Å². The lowest BCUT2D eigenvalue weighted by Crippen LogP contribution is -2.40. The summed E-state index contributed by atoms with van der Waals surface area (Å²) < 4.78 is 5.19. The summed E-state index contributed by atoms with van der Waals surface area (Å²) in [6.07, 6.45) is 5.97. The monoisotopic (exact) mass is 308 g/mol. The molecular weight excluding hydrogens is 276 g/mol. The van der Waals surface area contributed by atoms with Crippen LogP contribution in [0.4, 0.5) is 0 Å². The molecule has 1 unspecified atom stereocenters. The van der Waals surface area contributed by atoms with Crippen molar-refractivity contribution in [2.45, 2.75) is 59.8 Å². The van der Waals surface area contributed by atoms with Crippen LogP contribution in [0.2, 0.25) is 0 Å². The van der Waals surface area contributed by atoms with E-state index in [4.69, 9.17) is 4.52 Å². The van der Waals surface area contributed by atoms with Crippen molar-refractivity contribution < 1.29 is 4.52 Å². The number of guanidine groups is 1. The summed E-state index contributed by atoms with van der Waals surface area (Å²) in [7, 11) is 1.82. The van der Waals surface area contributed by atoms with Gasteiger partial charge in [-0.3, -0.25) is 4.99 Å². The number of unbranched alkanes of at least 4 members (excludes halogenated alkanes) is 1. The van der Waals surface area contributed by atoms with E-state index in [-0.39, 0.29) is 0 Å². The Morgan fingerprint density at radius 1 is 1.27 bits per heavy atom. The molecule has 2 N–H and O–H groups in total. The van der Waals surface area contributed by atoms with E-state index in [1.54, 1.807) is 0 Å². The first-order valence-corrected chi connectivity index (χ1v) is 8.48. The first kappa shape index (κ1) is 18.5. The van der Waals surface area contributed by atoms with Crippen LogP contribution in [0.5, 0.6) is 0 Å². The molecule has 1 heterocycles. The van der Waals surface area contributed by atoms with E-state index in [9.17, 15) is 0 Å². The van der Waals surface area contributed by atoms with Crippen LogP contribution >= 0.6 is 0 Å². The summed E-state index contributed by atoms with van der Waals surface area (Å²) in [6.45, 7) is 10.3. The third-order valence-corrected chi connectivity index (χ3v) is 4.17. The highest BCUT2D eigenvalue weighted by Gasteiger charge is 2.09. The van der Waals surface area contributed by atoms with Crippen LogP contribution in [0.15, 0.2) is 9.52 Å². The Morgan fingerprint density at radius 3 is 2.59 bits per heavy atom. The van der Waals surface area contributed by atoms with E-state index in [1.165, 1.54) is 31.2 Å². The van der Waals surface area contributed by atoms with Gasteiger partial charge in [0.1, 0.15) is 5.76 Å².